The monoisotopic (exact) mass is 281 g/mol. The highest BCUT2D eigenvalue weighted by molar-refractivity contribution is 7.13. The molecule has 0 aliphatic carbocycles. The molecule has 4 N–H and O–H groups in total. The zero-order valence-electron chi connectivity index (χ0n) is 9.66. The summed E-state index contributed by atoms with van der Waals surface area (Å²) in [5.74, 6) is -1.06. The van der Waals surface area contributed by atoms with E-state index in [1.54, 1.807) is 5.38 Å². The number of thiazole rings is 1. The summed E-state index contributed by atoms with van der Waals surface area (Å²) in [5.41, 5.74) is 0.209. The Morgan fingerprint density at radius 3 is 2.95 bits per heavy atom. The topological polar surface area (TPSA) is 120 Å². The van der Waals surface area contributed by atoms with Gasteiger partial charge in [-0.1, -0.05) is 0 Å². The van der Waals surface area contributed by atoms with Crippen molar-refractivity contribution >= 4 is 28.3 Å². The summed E-state index contributed by atoms with van der Waals surface area (Å²) in [5, 5.41) is 16.1. The molecule has 0 saturated carbocycles. The molecule has 2 heterocycles. The molecule has 0 aliphatic rings. The predicted molar refractivity (Wildman–Crippen MR) is 67.7 cm³/mol. The van der Waals surface area contributed by atoms with Crippen LogP contribution in [0.2, 0.25) is 0 Å². The number of hydrogen-bond donors (Lipinski definition) is 4. The second kappa shape index (κ2) is 6.07. The lowest BCUT2D eigenvalue weighted by Crippen LogP contribution is -2.46. The van der Waals surface area contributed by atoms with Gasteiger partial charge in [0.1, 0.15) is 11.7 Å². The molecule has 9 heteroatoms. The van der Waals surface area contributed by atoms with Crippen LogP contribution in [0.25, 0.3) is 0 Å². The lowest BCUT2D eigenvalue weighted by atomic mass is 10.2. The van der Waals surface area contributed by atoms with E-state index in [9.17, 15) is 9.59 Å². The summed E-state index contributed by atoms with van der Waals surface area (Å²) in [4.78, 5) is 33.7. The Bertz CT molecular complexity index is 540. The number of carbonyl (C=O) groups is 2. The molecule has 0 aromatic carbocycles. The lowest BCUT2D eigenvalue weighted by Gasteiger charge is -2.14. The number of aromatic nitrogens is 3. The number of carbonyl (C=O) groups excluding carboxylic acids is 2. The van der Waals surface area contributed by atoms with Crippen LogP contribution in [0, 0.1) is 0 Å². The molecular formula is C10H11N5O3S. The standard InChI is InChI=1S/C10H11N5O3S/c16-4-7(9(18)15-10-12-1-2-19-10)14-8(17)6-3-11-5-13-6/h1-3,5,7,16H,4H2,(H,11,13)(H,14,17)(H,12,15,18). The third-order valence-electron chi connectivity index (χ3n) is 2.21. The van der Waals surface area contributed by atoms with E-state index in [1.807, 2.05) is 0 Å². The van der Waals surface area contributed by atoms with Gasteiger partial charge in [0.2, 0.25) is 0 Å². The molecule has 0 saturated heterocycles. The maximum Gasteiger partial charge on any atom is 0.270 e. The number of hydrogen-bond acceptors (Lipinski definition) is 6. The van der Waals surface area contributed by atoms with E-state index in [1.165, 1.54) is 30.1 Å². The van der Waals surface area contributed by atoms with Gasteiger partial charge in [-0.2, -0.15) is 0 Å². The van der Waals surface area contributed by atoms with E-state index in [4.69, 9.17) is 5.11 Å². The van der Waals surface area contributed by atoms with Gasteiger partial charge in [0.25, 0.3) is 11.8 Å². The van der Waals surface area contributed by atoms with Gasteiger partial charge in [-0.3, -0.25) is 9.59 Å². The summed E-state index contributed by atoms with van der Waals surface area (Å²) in [6, 6.07) is -1.06. The third-order valence-corrected chi connectivity index (χ3v) is 2.90. The summed E-state index contributed by atoms with van der Waals surface area (Å²) >= 11 is 1.24. The van der Waals surface area contributed by atoms with Crippen molar-refractivity contribution < 1.29 is 14.7 Å². The SMILES string of the molecule is O=C(NC(CO)C(=O)Nc1nccs1)c1cnc[nH]1. The highest BCUT2D eigenvalue weighted by Crippen LogP contribution is 2.10. The van der Waals surface area contributed by atoms with Gasteiger partial charge in [0.15, 0.2) is 5.13 Å². The molecule has 8 nitrogen and oxygen atoms in total. The smallest absolute Gasteiger partial charge is 0.270 e. The fourth-order valence-corrected chi connectivity index (χ4v) is 1.82. The molecule has 2 aromatic rings. The average molecular weight is 281 g/mol. The molecule has 100 valence electrons. The third kappa shape index (κ3) is 3.36. The molecular weight excluding hydrogens is 270 g/mol. The van der Waals surface area contributed by atoms with Gasteiger partial charge in [0.05, 0.1) is 19.1 Å². The summed E-state index contributed by atoms with van der Waals surface area (Å²) in [6.07, 6.45) is 4.21. The Labute approximate surface area is 111 Å². The molecule has 2 amide bonds. The van der Waals surface area contributed by atoms with E-state index >= 15 is 0 Å². The highest BCUT2D eigenvalue weighted by Gasteiger charge is 2.21. The molecule has 0 spiro atoms. The summed E-state index contributed by atoms with van der Waals surface area (Å²) < 4.78 is 0. The number of nitrogens with zero attached hydrogens (tertiary/aromatic N) is 2. The van der Waals surface area contributed by atoms with E-state index < -0.39 is 24.5 Å². The summed E-state index contributed by atoms with van der Waals surface area (Å²) in [7, 11) is 0. The zero-order valence-corrected chi connectivity index (χ0v) is 10.5. The molecule has 2 rings (SSSR count). The van der Waals surface area contributed by atoms with Crippen molar-refractivity contribution in [1.82, 2.24) is 20.3 Å². The Kier molecular flexibility index (Phi) is 4.21. The van der Waals surface area contributed by atoms with Crippen LogP contribution in [0.15, 0.2) is 24.1 Å². The van der Waals surface area contributed by atoms with Crippen LogP contribution in [0.4, 0.5) is 5.13 Å². The number of aliphatic hydroxyl groups is 1. The molecule has 2 aromatic heterocycles. The van der Waals surface area contributed by atoms with Crippen LogP contribution in [0.5, 0.6) is 0 Å². The van der Waals surface area contributed by atoms with Gasteiger partial charge >= 0.3 is 0 Å². The minimum absolute atomic E-state index is 0.209. The fraction of sp³-hybridized carbons (Fsp3) is 0.200. The van der Waals surface area contributed by atoms with Crippen molar-refractivity contribution in [2.45, 2.75) is 6.04 Å². The quantitative estimate of drug-likeness (QED) is 0.594. The van der Waals surface area contributed by atoms with E-state index in [0.29, 0.717) is 5.13 Å². The second-order valence-corrected chi connectivity index (χ2v) is 4.39. The van der Waals surface area contributed by atoms with Crippen LogP contribution in [0.1, 0.15) is 10.5 Å². The van der Waals surface area contributed by atoms with Crippen LogP contribution >= 0.6 is 11.3 Å². The van der Waals surface area contributed by atoms with Gasteiger partial charge in [0, 0.05) is 11.6 Å². The Balaban J connectivity index is 1.96. The Morgan fingerprint density at radius 2 is 2.37 bits per heavy atom. The van der Waals surface area contributed by atoms with Crippen molar-refractivity contribution in [3.8, 4) is 0 Å². The van der Waals surface area contributed by atoms with Gasteiger partial charge < -0.3 is 20.7 Å². The first-order valence-electron chi connectivity index (χ1n) is 5.31. The van der Waals surface area contributed by atoms with Crippen molar-refractivity contribution in [2.75, 3.05) is 11.9 Å². The molecule has 0 bridgehead atoms. The van der Waals surface area contributed by atoms with Gasteiger partial charge in [-0.05, 0) is 0 Å². The fourth-order valence-electron chi connectivity index (χ4n) is 1.29. The van der Waals surface area contributed by atoms with Crippen LogP contribution < -0.4 is 10.6 Å². The minimum Gasteiger partial charge on any atom is -0.394 e. The Morgan fingerprint density at radius 1 is 1.53 bits per heavy atom. The number of imidazole rings is 1. The largest absolute Gasteiger partial charge is 0.394 e. The van der Waals surface area contributed by atoms with Crippen LogP contribution in [-0.2, 0) is 4.79 Å². The van der Waals surface area contributed by atoms with Crippen LogP contribution in [0.3, 0.4) is 0 Å². The summed E-state index contributed by atoms with van der Waals surface area (Å²) in [6.45, 7) is -0.517. The molecule has 0 aliphatic heterocycles. The second-order valence-electron chi connectivity index (χ2n) is 3.50. The van der Waals surface area contributed by atoms with Crippen molar-refractivity contribution in [1.29, 1.82) is 0 Å². The first-order chi connectivity index (χ1) is 9.20. The molecule has 1 unspecified atom stereocenters. The van der Waals surface area contributed by atoms with Crippen molar-refractivity contribution in [3.05, 3.63) is 29.8 Å². The number of rotatable bonds is 5. The number of H-pyrrole nitrogens is 1. The number of nitrogens with one attached hydrogen (secondary N) is 3. The molecule has 0 fully saturated rings. The van der Waals surface area contributed by atoms with Gasteiger partial charge in [-0.15, -0.1) is 11.3 Å². The van der Waals surface area contributed by atoms with Gasteiger partial charge in [-0.25, -0.2) is 9.97 Å². The predicted octanol–water partition coefficient (Wildman–Crippen LogP) is -0.404. The first kappa shape index (κ1) is 13.2. The number of amides is 2. The molecule has 19 heavy (non-hydrogen) atoms. The molecule has 1 atom stereocenters. The maximum absolute atomic E-state index is 11.8. The van der Waals surface area contributed by atoms with E-state index in [2.05, 4.69) is 25.6 Å². The van der Waals surface area contributed by atoms with Crippen LogP contribution in [-0.4, -0.2) is 44.5 Å². The number of aromatic amines is 1. The van der Waals surface area contributed by atoms with E-state index in [-0.39, 0.29) is 5.69 Å². The first-order valence-corrected chi connectivity index (χ1v) is 6.19. The number of anilines is 1. The van der Waals surface area contributed by atoms with E-state index in [0.717, 1.165) is 0 Å². The zero-order chi connectivity index (χ0) is 13.7. The minimum atomic E-state index is -1.06. The maximum atomic E-state index is 11.8. The van der Waals surface area contributed by atoms with Crippen molar-refractivity contribution in [2.24, 2.45) is 0 Å². The average Bonchev–Trinajstić information content (AvgIpc) is 3.07. The highest BCUT2D eigenvalue weighted by atomic mass is 32.1. The Hall–Kier alpha value is -2.26. The lowest BCUT2D eigenvalue weighted by molar-refractivity contribution is -0.118. The normalized spacial score (nSPS) is 11.8. The van der Waals surface area contributed by atoms with Crippen molar-refractivity contribution in [3.63, 3.8) is 0 Å². The molecule has 0 radical (unpaired) electrons. The number of aliphatic hydroxyl groups excluding tert-OH is 1.